The van der Waals surface area contributed by atoms with Gasteiger partial charge in [0.25, 0.3) is 0 Å². The molecule has 5 heteroatoms. The number of nitrogens with zero attached hydrogens (tertiary/aromatic N) is 3. The molecular formula is C25H29N3O2. The standard InChI is InChI=1S/C25H29N3O2/c1-17-8-9-18(2)23(14-17)30-13-5-12-27-22-7-4-3-6-21(22)26-25(27)19-15-24(29)28(16-19)20-10-11-20/h3-4,6-9,14,19-20H,5,10-13,15-16H2,1-2H3. The van der Waals surface area contributed by atoms with E-state index < -0.39 is 0 Å². The molecule has 156 valence electrons. The van der Waals surface area contributed by atoms with Crippen LogP contribution in [0.25, 0.3) is 11.0 Å². The van der Waals surface area contributed by atoms with Crippen molar-refractivity contribution in [3.63, 3.8) is 0 Å². The van der Waals surface area contributed by atoms with Crippen molar-refractivity contribution in [3.05, 3.63) is 59.4 Å². The minimum atomic E-state index is 0.186. The second kappa shape index (κ2) is 7.78. The molecule has 2 heterocycles. The summed E-state index contributed by atoms with van der Waals surface area (Å²) in [6.07, 6.45) is 3.79. The highest BCUT2D eigenvalue weighted by molar-refractivity contribution is 5.81. The lowest BCUT2D eigenvalue weighted by atomic mass is 10.1. The number of likely N-dealkylation sites (tertiary alicyclic amines) is 1. The van der Waals surface area contributed by atoms with E-state index in [0.29, 0.717) is 25.0 Å². The Morgan fingerprint density at radius 3 is 2.80 bits per heavy atom. The van der Waals surface area contributed by atoms with Crippen molar-refractivity contribution in [1.82, 2.24) is 14.5 Å². The number of benzene rings is 2. The van der Waals surface area contributed by atoms with E-state index in [2.05, 4.69) is 59.7 Å². The van der Waals surface area contributed by atoms with E-state index in [9.17, 15) is 4.79 Å². The third-order valence-electron chi connectivity index (χ3n) is 6.32. The lowest BCUT2D eigenvalue weighted by Gasteiger charge is -2.17. The molecule has 0 radical (unpaired) electrons. The van der Waals surface area contributed by atoms with E-state index in [1.807, 2.05) is 6.07 Å². The maximum Gasteiger partial charge on any atom is 0.223 e. The highest BCUT2D eigenvalue weighted by Gasteiger charge is 2.41. The van der Waals surface area contributed by atoms with Crippen molar-refractivity contribution in [2.24, 2.45) is 0 Å². The first-order valence-electron chi connectivity index (χ1n) is 11.0. The van der Waals surface area contributed by atoms with Crippen LogP contribution in [0.15, 0.2) is 42.5 Å². The number of carbonyl (C=O) groups excluding carboxylic acids is 1. The molecule has 1 aromatic heterocycles. The van der Waals surface area contributed by atoms with Gasteiger partial charge in [-0.3, -0.25) is 4.79 Å². The SMILES string of the molecule is Cc1ccc(C)c(OCCCn2c(C3CC(=O)N(C4CC4)C3)nc3ccccc32)c1. The van der Waals surface area contributed by atoms with E-state index in [1.165, 1.54) is 11.1 Å². The van der Waals surface area contributed by atoms with Gasteiger partial charge in [-0.2, -0.15) is 0 Å². The number of rotatable bonds is 7. The zero-order valence-corrected chi connectivity index (χ0v) is 17.8. The first-order chi connectivity index (χ1) is 14.6. The Bertz CT molecular complexity index is 1080. The van der Waals surface area contributed by atoms with Crippen LogP contribution in [-0.2, 0) is 11.3 Å². The Balaban J connectivity index is 1.32. The van der Waals surface area contributed by atoms with E-state index in [1.54, 1.807) is 0 Å². The Labute approximate surface area is 177 Å². The monoisotopic (exact) mass is 403 g/mol. The normalized spacial score (nSPS) is 19.1. The molecule has 1 saturated heterocycles. The first-order valence-corrected chi connectivity index (χ1v) is 11.0. The average Bonchev–Trinajstić information content (AvgIpc) is 3.41. The Hall–Kier alpha value is -2.82. The van der Waals surface area contributed by atoms with Gasteiger partial charge in [0, 0.05) is 31.5 Å². The van der Waals surface area contributed by atoms with Crippen LogP contribution in [0.2, 0.25) is 0 Å². The number of imidazole rings is 1. The molecule has 0 N–H and O–H groups in total. The molecule has 2 fully saturated rings. The van der Waals surface area contributed by atoms with Crippen molar-refractivity contribution in [1.29, 1.82) is 0 Å². The van der Waals surface area contributed by atoms with E-state index in [0.717, 1.165) is 55.0 Å². The summed E-state index contributed by atoms with van der Waals surface area (Å²) in [5, 5.41) is 0. The number of aryl methyl sites for hydroxylation is 3. The smallest absolute Gasteiger partial charge is 0.223 e. The van der Waals surface area contributed by atoms with Crippen molar-refractivity contribution >= 4 is 16.9 Å². The summed E-state index contributed by atoms with van der Waals surface area (Å²) in [5.74, 6) is 2.50. The van der Waals surface area contributed by atoms with Crippen LogP contribution in [-0.4, -0.2) is 39.6 Å². The number of carbonyl (C=O) groups is 1. The maximum atomic E-state index is 12.5. The molecule has 5 nitrogen and oxygen atoms in total. The maximum absolute atomic E-state index is 12.5. The van der Waals surface area contributed by atoms with Gasteiger partial charge in [0.1, 0.15) is 11.6 Å². The summed E-state index contributed by atoms with van der Waals surface area (Å²) in [7, 11) is 0. The quantitative estimate of drug-likeness (QED) is 0.542. The molecule has 1 unspecified atom stereocenters. The van der Waals surface area contributed by atoms with Gasteiger partial charge in [-0.25, -0.2) is 4.98 Å². The molecular weight excluding hydrogens is 374 g/mol. The van der Waals surface area contributed by atoms with Gasteiger partial charge in [0.05, 0.1) is 17.6 Å². The second-order valence-electron chi connectivity index (χ2n) is 8.76. The lowest BCUT2D eigenvalue weighted by Crippen LogP contribution is -2.27. The Morgan fingerprint density at radius 1 is 1.13 bits per heavy atom. The number of amides is 1. The minimum Gasteiger partial charge on any atom is -0.493 e. The molecule has 2 aromatic carbocycles. The minimum absolute atomic E-state index is 0.186. The first kappa shape index (κ1) is 19.2. The topological polar surface area (TPSA) is 47.4 Å². The number of para-hydroxylation sites is 2. The summed E-state index contributed by atoms with van der Waals surface area (Å²) in [6, 6.07) is 15.1. The van der Waals surface area contributed by atoms with Gasteiger partial charge < -0.3 is 14.2 Å². The van der Waals surface area contributed by atoms with E-state index in [4.69, 9.17) is 9.72 Å². The van der Waals surface area contributed by atoms with Crippen LogP contribution in [0.3, 0.4) is 0 Å². The summed E-state index contributed by atoms with van der Waals surface area (Å²) in [4.78, 5) is 19.5. The Morgan fingerprint density at radius 2 is 1.97 bits per heavy atom. The van der Waals surface area contributed by atoms with Crippen molar-refractivity contribution in [2.75, 3.05) is 13.2 Å². The number of hydrogen-bond donors (Lipinski definition) is 0. The predicted octanol–water partition coefficient (Wildman–Crippen LogP) is 4.60. The van der Waals surface area contributed by atoms with Gasteiger partial charge >= 0.3 is 0 Å². The highest BCUT2D eigenvalue weighted by atomic mass is 16.5. The van der Waals surface area contributed by atoms with Gasteiger partial charge in [0.15, 0.2) is 0 Å². The van der Waals surface area contributed by atoms with Crippen LogP contribution >= 0.6 is 0 Å². The van der Waals surface area contributed by atoms with Gasteiger partial charge in [-0.15, -0.1) is 0 Å². The number of fused-ring (bicyclic) bond motifs is 1. The molecule has 2 aliphatic rings. The summed E-state index contributed by atoms with van der Waals surface area (Å²) in [5.41, 5.74) is 4.54. The van der Waals surface area contributed by atoms with E-state index >= 15 is 0 Å². The summed E-state index contributed by atoms with van der Waals surface area (Å²) in [6.45, 7) is 6.48. The zero-order chi connectivity index (χ0) is 20.7. The Kier molecular flexibility index (Phi) is 4.97. The molecule has 30 heavy (non-hydrogen) atoms. The highest BCUT2D eigenvalue weighted by Crippen LogP contribution is 2.37. The van der Waals surface area contributed by atoms with Gasteiger partial charge in [-0.05, 0) is 62.4 Å². The second-order valence-corrected chi connectivity index (χ2v) is 8.76. The summed E-state index contributed by atoms with van der Waals surface area (Å²) < 4.78 is 8.39. The van der Waals surface area contributed by atoms with Crippen LogP contribution in [0, 0.1) is 13.8 Å². The van der Waals surface area contributed by atoms with Crippen molar-refractivity contribution in [2.45, 2.75) is 58.0 Å². The van der Waals surface area contributed by atoms with Crippen molar-refractivity contribution < 1.29 is 9.53 Å². The lowest BCUT2D eigenvalue weighted by molar-refractivity contribution is -0.128. The molecule has 1 aliphatic heterocycles. The fourth-order valence-electron chi connectivity index (χ4n) is 4.55. The number of ether oxygens (including phenoxy) is 1. The molecule has 1 saturated carbocycles. The zero-order valence-electron chi connectivity index (χ0n) is 17.8. The molecule has 5 rings (SSSR count). The van der Waals surface area contributed by atoms with Crippen LogP contribution < -0.4 is 4.74 Å². The molecule has 0 bridgehead atoms. The molecule has 1 aliphatic carbocycles. The van der Waals surface area contributed by atoms with Crippen LogP contribution in [0.5, 0.6) is 5.75 Å². The molecule has 1 atom stereocenters. The third kappa shape index (κ3) is 3.69. The van der Waals surface area contributed by atoms with Crippen molar-refractivity contribution in [3.8, 4) is 5.75 Å². The molecule has 0 spiro atoms. The average molecular weight is 404 g/mol. The van der Waals surface area contributed by atoms with Crippen LogP contribution in [0.1, 0.15) is 48.6 Å². The summed E-state index contributed by atoms with van der Waals surface area (Å²) >= 11 is 0. The fraction of sp³-hybridized carbons (Fsp3) is 0.440. The predicted molar refractivity (Wildman–Crippen MR) is 118 cm³/mol. The van der Waals surface area contributed by atoms with Crippen LogP contribution in [0.4, 0.5) is 0 Å². The van der Waals surface area contributed by atoms with Gasteiger partial charge in [0.2, 0.25) is 5.91 Å². The number of hydrogen-bond acceptors (Lipinski definition) is 3. The number of aromatic nitrogens is 2. The fourth-order valence-corrected chi connectivity index (χ4v) is 4.55. The molecule has 1 amide bonds. The molecule has 3 aromatic rings. The third-order valence-corrected chi connectivity index (χ3v) is 6.32. The van der Waals surface area contributed by atoms with Gasteiger partial charge in [-0.1, -0.05) is 24.3 Å². The van der Waals surface area contributed by atoms with E-state index in [-0.39, 0.29) is 5.92 Å². The largest absolute Gasteiger partial charge is 0.493 e.